The van der Waals surface area contributed by atoms with E-state index in [0.717, 1.165) is 24.7 Å². The zero-order valence-corrected chi connectivity index (χ0v) is 11.7. The van der Waals surface area contributed by atoms with E-state index in [1.165, 1.54) is 32.1 Å². The third-order valence-corrected chi connectivity index (χ3v) is 3.19. The van der Waals surface area contributed by atoms with Gasteiger partial charge in [0.15, 0.2) is 0 Å². The molecular weight excluding hydrogens is 255 g/mol. The van der Waals surface area contributed by atoms with E-state index in [1.807, 2.05) is 18.3 Å². The molecular formula is C13H22Cl2N2. The van der Waals surface area contributed by atoms with Gasteiger partial charge in [-0.05, 0) is 37.4 Å². The molecule has 4 heteroatoms. The van der Waals surface area contributed by atoms with Gasteiger partial charge in [0.2, 0.25) is 0 Å². The second kappa shape index (κ2) is 9.69. The molecule has 1 N–H and O–H groups in total. The SMILES string of the molecule is Cl.Cl.c1ccc(CNCC2CCCCC2)nc1. The average molecular weight is 277 g/mol. The summed E-state index contributed by atoms with van der Waals surface area (Å²) in [7, 11) is 0. The minimum atomic E-state index is 0. The van der Waals surface area contributed by atoms with Crippen LogP contribution in [0.15, 0.2) is 24.4 Å². The summed E-state index contributed by atoms with van der Waals surface area (Å²) < 4.78 is 0. The molecule has 17 heavy (non-hydrogen) atoms. The van der Waals surface area contributed by atoms with Crippen molar-refractivity contribution >= 4 is 24.8 Å². The summed E-state index contributed by atoms with van der Waals surface area (Å²) in [5.74, 6) is 0.905. The predicted molar refractivity (Wildman–Crippen MR) is 77.0 cm³/mol. The summed E-state index contributed by atoms with van der Waals surface area (Å²) in [6.45, 7) is 2.08. The van der Waals surface area contributed by atoms with Crippen LogP contribution in [0.2, 0.25) is 0 Å². The first-order valence-electron chi connectivity index (χ1n) is 6.06. The molecule has 0 aromatic carbocycles. The summed E-state index contributed by atoms with van der Waals surface area (Å²) >= 11 is 0. The Morgan fingerprint density at radius 2 is 1.88 bits per heavy atom. The molecule has 1 fully saturated rings. The fourth-order valence-electron chi connectivity index (χ4n) is 2.30. The van der Waals surface area contributed by atoms with Crippen molar-refractivity contribution in [1.29, 1.82) is 0 Å². The standard InChI is InChI=1S/C13H20N2.2ClH/c1-2-6-12(7-3-1)10-14-11-13-8-4-5-9-15-13;;/h4-5,8-9,12,14H,1-3,6-7,10-11H2;2*1H. The Hall–Kier alpha value is -0.310. The lowest BCUT2D eigenvalue weighted by Crippen LogP contribution is -2.24. The Morgan fingerprint density at radius 1 is 1.12 bits per heavy atom. The fraction of sp³-hybridized carbons (Fsp3) is 0.615. The molecule has 0 saturated heterocycles. The number of pyridine rings is 1. The van der Waals surface area contributed by atoms with Crippen LogP contribution < -0.4 is 5.32 Å². The number of rotatable bonds is 4. The molecule has 1 aliphatic rings. The van der Waals surface area contributed by atoms with Crippen LogP contribution in [0, 0.1) is 5.92 Å². The van der Waals surface area contributed by atoms with Crippen molar-refractivity contribution in [3.8, 4) is 0 Å². The van der Waals surface area contributed by atoms with E-state index < -0.39 is 0 Å². The summed E-state index contributed by atoms with van der Waals surface area (Å²) in [6, 6.07) is 6.09. The third-order valence-electron chi connectivity index (χ3n) is 3.19. The molecule has 2 rings (SSSR count). The molecule has 1 aliphatic carbocycles. The fourth-order valence-corrected chi connectivity index (χ4v) is 2.30. The molecule has 2 nitrogen and oxygen atoms in total. The predicted octanol–water partition coefficient (Wildman–Crippen LogP) is 3.60. The van der Waals surface area contributed by atoms with Gasteiger partial charge in [0.25, 0.3) is 0 Å². The van der Waals surface area contributed by atoms with Gasteiger partial charge in [-0.15, -0.1) is 24.8 Å². The van der Waals surface area contributed by atoms with Gasteiger partial charge in [0.05, 0.1) is 5.69 Å². The Morgan fingerprint density at radius 3 is 2.53 bits per heavy atom. The van der Waals surface area contributed by atoms with E-state index in [-0.39, 0.29) is 24.8 Å². The Labute approximate surface area is 116 Å². The summed E-state index contributed by atoms with van der Waals surface area (Å²) in [5.41, 5.74) is 1.15. The lowest BCUT2D eigenvalue weighted by Gasteiger charge is -2.21. The molecule has 0 aliphatic heterocycles. The van der Waals surface area contributed by atoms with Crippen LogP contribution in [0.25, 0.3) is 0 Å². The van der Waals surface area contributed by atoms with Crippen LogP contribution in [0.3, 0.4) is 0 Å². The van der Waals surface area contributed by atoms with Gasteiger partial charge in [-0.2, -0.15) is 0 Å². The highest BCUT2D eigenvalue weighted by Crippen LogP contribution is 2.22. The average Bonchev–Trinajstić information content (AvgIpc) is 2.32. The van der Waals surface area contributed by atoms with Gasteiger partial charge in [0, 0.05) is 12.7 Å². The second-order valence-corrected chi connectivity index (χ2v) is 4.46. The first-order valence-corrected chi connectivity index (χ1v) is 6.06. The lowest BCUT2D eigenvalue weighted by molar-refractivity contribution is 0.341. The lowest BCUT2D eigenvalue weighted by atomic mass is 9.89. The maximum absolute atomic E-state index is 4.30. The summed E-state index contributed by atoms with van der Waals surface area (Å²) in [6.07, 6.45) is 8.98. The third kappa shape index (κ3) is 6.25. The first kappa shape index (κ1) is 16.7. The highest BCUT2D eigenvalue weighted by atomic mass is 35.5. The number of hydrogen-bond donors (Lipinski definition) is 1. The van der Waals surface area contributed by atoms with Crippen molar-refractivity contribution < 1.29 is 0 Å². The zero-order valence-electron chi connectivity index (χ0n) is 10.1. The normalized spacial score (nSPS) is 15.8. The molecule has 0 amide bonds. The molecule has 1 saturated carbocycles. The number of aromatic nitrogens is 1. The molecule has 1 aromatic rings. The van der Waals surface area contributed by atoms with Gasteiger partial charge < -0.3 is 5.32 Å². The number of halogens is 2. The van der Waals surface area contributed by atoms with Gasteiger partial charge in [-0.1, -0.05) is 25.3 Å². The Bertz CT molecular complexity index is 274. The van der Waals surface area contributed by atoms with Crippen molar-refractivity contribution in [2.24, 2.45) is 5.92 Å². The van der Waals surface area contributed by atoms with Crippen LogP contribution in [0.1, 0.15) is 37.8 Å². The molecule has 0 bridgehead atoms. The zero-order chi connectivity index (χ0) is 10.3. The largest absolute Gasteiger partial charge is 0.311 e. The Kier molecular flexibility index (Phi) is 9.52. The van der Waals surface area contributed by atoms with E-state index in [1.54, 1.807) is 0 Å². The van der Waals surface area contributed by atoms with E-state index in [9.17, 15) is 0 Å². The van der Waals surface area contributed by atoms with E-state index in [0.29, 0.717) is 0 Å². The smallest absolute Gasteiger partial charge is 0.0541 e. The molecule has 0 radical (unpaired) electrons. The van der Waals surface area contributed by atoms with E-state index in [4.69, 9.17) is 0 Å². The number of hydrogen-bond acceptors (Lipinski definition) is 2. The van der Waals surface area contributed by atoms with Gasteiger partial charge in [-0.25, -0.2) is 0 Å². The maximum atomic E-state index is 4.30. The molecule has 98 valence electrons. The van der Waals surface area contributed by atoms with Gasteiger partial charge in [0.1, 0.15) is 0 Å². The minimum absolute atomic E-state index is 0. The van der Waals surface area contributed by atoms with Crippen LogP contribution in [-0.4, -0.2) is 11.5 Å². The maximum Gasteiger partial charge on any atom is 0.0541 e. The van der Waals surface area contributed by atoms with Crippen molar-refractivity contribution in [2.75, 3.05) is 6.54 Å². The Balaban J connectivity index is 0.00000128. The molecule has 0 atom stereocenters. The number of nitrogens with zero attached hydrogens (tertiary/aromatic N) is 1. The van der Waals surface area contributed by atoms with Crippen LogP contribution >= 0.6 is 24.8 Å². The van der Waals surface area contributed by atoms with E-state index in [2.05, 4.69) is 16.4 Å². The van der Waals surface area contributed by atoms with Crippen LogP contribution in [0.5, 0.6) is 0 Å². The van der Waals surface area contributed by atoms with Crippen LogP contribution in [-0.2, 0) is 6.54 Å². The highest BCUT2D eigenvalue weighted by molar-refractivity contribution is 5.85. The molecule has 0 spiro atoms. The first-order chi connectivity index (χ1) is 7.45. The van der Waals surface area contributed by atoms with Crippen molar-refractivity contribution in [3.63, 3.8) is 0 Å². The van der Waals surface area contributed by atoms with Gasteiger partial charge >= 0.3 is 0 Å². The van der Waals surface area contributed by atoms with E-state index >= 15 is 0 Å². The van der Waals surface area contributed by atoms with Crippen molar-refractivity contribution in [2.45, 2.75) is 38.6 Å². The van der Waals surface area contributed by atoms with Crippen LogP contribution in [0.4, 0.5) is 0 Å². The van der Waals surface area contributed by atoms with Gasteiger partial charge in [-0.3, -0.25) is 4.98 Å². The minimum Gasteiger partial charge on any atom is -0.311 e. The summed E-state index contributed by atoms with van der Waals surface area (Å²) in [5, 5.41) is 3.51. The molecule has 0 unspecified atom stereocenters. The molecule has 1 heterocycles. The quantitative estimate of drug-likeness (QED) is 0.909. The topological polar surface area (TPSA) is 24.9 Å². The van der Waals surface area contributed by atoms with Crippen molar-refractivity contribution in [3.05, 3.63) is 30.1 Å². The highest BCUT2D eigenvalue weighted by Gasteiger charge is 2.12. The monoisotopic (exact) mass is 276 g/mol. The van der Waals surface area contributed by atoms with Crippen molar-refractivity contribution in [1.82, 2.24) is 10.3 Å². The second-order valence-electron chi connectivity index (χ2n) is 4.46. The number of nitrogens with one attached hydrogen (secondary N) is 1. The molecule has 1 aromatic heterocycles. The summed E-state index contributed by atoms with van der Waals surface area (Å²) in [4.78, 5) is 4.30.